The smallest absolute Gasteiger partial charge is 0.0702 e. The van der Waals surface area contributed by atoms with E-state index < -0.39 is 0 Å². The van der Waals surface area contributed by atoms with Gasteiger partial charge in [-0.2, -0.15) is 5.10 Å². The predicted octanol–water partition coefficient (Wildman–Crippen LogP) is 1.71. The third-order valence-electron chi connectivity index (χ3n) is 2.11. The second kappa shape index (κ2) is 2.52. The van der Waals surface area contributed by atoms with Crippen molar-refractivity contribution in [1.29, 1.82) is 0 Å². The van der Waals surface area contributed by atoms with Crippen molar-refractivity contribution >= 4 is 16.6 Å². The lowest BCUT2D eigenvalue weighted by atomic mass is 10.1. The number of aryl methyl sites for hydroxylation is 1. The number of rotatable bonds is 1. The van der Waals surface area contributed by atoms with Crippen LogP contribution in [0.5, 0.6) is 0 Å². The summed E-state index contributed by atoms with van der Waals surface area (Å²) >= 11 is 0. The maximum Gasteiger partial charge on any atom is 0.0702 e. The highest BCUT2D eigenvalue weighted by Crippen LogP contribution is 2.22. The third-order valence-corrected chi connectivity index (χ3v) is 2.11. The molecule has 3 heteroatoms. The lowest BCUT2D eigenvalue weighted by Gasteiger charge is -2.02. The van der Waals surface area contributed by atoms with E-state index in [2.05, 4.69) is 17.1 Å². The Morgan fingerprint density at radius 3 is 3.08 bits per heavy atom. The molecule has 1 aromatic carbocycles. The van der Waals surface area contributed by atoms with Crippen molar-refractivity contribution < 1.29 is 0 Å². The first kappa shape index (κ1) is 7.16. The number of hydrogen-bond donors (Lipinski definition) is 2. The third kappa shape index (κ3) is 0.863. The van der Waals surface area contributed by atoms with Gasteiger partial charge in [-0.15, -0.1) is 0 Å². The van der Waals surface area contributed by atoms with Crippen molar-refractivity contribution in [2.24, 2.45) is 0 Å². The van der Waals surface area contributed by atoms with E-state index in [1.807, 2.05) is 18.3 Å². The molecule has 0 radical (unpaired) electrons. The van der Waals surface area contributed by atoms with Crippen LogP contribution in [0.15, 0.2) is 18.3 Å². The van der Waals surface area contributed by atoms with Crippen LogP contribution >= 0.6 is 0 Å². The van der Waals surface area contributed by atoms with Crippen molar-refractivity contribution in [1.82, 2.24) is 10.2 Å². The van der Waals surface area contributed by atoms with Crippen LogP contribution in [0.3, 0.4) is 0 Å². The molecular weight excluding hydrogens is 150 g/mol. The van der Waals surface area contributed by atoms with Gasteiger partial charge in [-0.25, -0.2) is 0 Å². The monoisotopic (exact) mass is 161 g/mol. The SMILES string of the molecule is CCc1c(N)ccc2cn[nH]c12. The Hall–Kier alpha value is -1.51. The van der Waals surface area contributed by atoms with E-state index in [-0.39, 0.29) is 0 Å². The van der Waals surface area contributed by atoms with Crippen molar-refractivity contribution in [2.75, 3.05) is 5.73 Å². The van der Waals surface area contributed by atoms with Crippen molar-refractivity contribution in [3.63, 3.8) is 0 Å². The molecule has 0 aliphatic carbocycles. The summed E-state index contributed by atoms with van der Waals surface area (Å²) in [7, 11) is 0. The van der Waals surface area contributed by atoms with Crippen LogP contribution < -0.4 is 5.73 Å². The number of nitrogen functional groups attached to an aromatic ring is 1. The summed E-state index contributed by atoms with van der Waals surface area (Å²) < 4.78 is 0. The molecule has 0 fully saturated rings. The fourth-order valence-corrected chi connectivity index (χ4v) is 1.47. The molecule has 0 saturated heterocycles. The number of nitrogens with zero attached hydrogens (tertiary/aromatic N) is 1. The zero-order valence-electron chi connectivity index (χ0n) is 6.96. The van der Waals surface area contributed by atoms with Gasteiger partial charge in [-0.1, -0.05) is 6.92 Å². The van der Waals surface area contributed by atoms with Crippen molar-refractivity contribution in [2.45, 2.75) is 13.3 Å². The fraction of sp³-hybridized carbons (Fsp3) is 0.222. The van der Waals surface area contributed by atoms with Crippen molar-refractivity contribution in [3.8, 4) is 0 Å². The molecule has 3 nitrogen and oxygen atoms in total. The summed E-state index contributed by atoms with van der Waals surface area (Å²) in [6, 6.07) is 3.91. The number of anilines is 1. The van der Waals surface area contributed by atoms with Crippen LogP contribution in [0.1, 0.15) is 12.5 Å². The Kier molecular flexibility index (Phi) is 1.50. The second-order valence-electron chi connectivity index (χ2n) is 2.82. The Labute approximate surface area is 70.6 Å². The molecule has 0 atom stereocenters. The number of nitrogens with two attached hydrogens (primary N) is 1. The zero-order chi connectivity index (χ0) is 8.55. The number of H-pyrrole nitrogens is 1. The maximum absolute atomic E-state index is 5.81. The Morgan fingerprint density at radius 1 is 1.50 bits per heavy atom. The molecular formula is C9H11N3. The number of nitrogens with one attached hydrogen (secondary N) is 1. The number of benzene rings is 1. The first-order valence-electron chi connectivity index (χ1n) is 4.03. The largest absolute Gasteiger partial charge is 0.398 e. The van der Waals surface area contributed by atoms with Crippen LogP contribution in [0.4, 0.5) is 5.69 Å². The van der Waals surface area contributed by atoms with E-state index in [1.54, 1.807) is 0 Å². The lowest BCUT2D eigenvalue weighted by molar-refractivity contribution is 1.09. The molecule has 12 heavy (non-hydrogen) atoms. The second-order valence-corrected chi connectivity index (χ2v) is 2.82. The van der Waals surface area contributed by atoms with Gasteiger partial charge in [0.1, 0.15) is 0 Å². The number of aromatic nitrogens is 2. The molecule has 0 bridgehead atoms. The molecule has 0 unspecified atom stereocenters. The van der Waals surface area contributed by atoms with Crippen molar-refractivity contribution in [3.05, 3.63) is 23.9 Å². The van der Waals surface area contributed by atoms with Gasteiger partial charge in [0.25, 0.3) is 0 Å². The van der Waals surface area contributed by atoms with E-state index in [1.165, 1.54) is 0 Å². The first-order chi connectivity index (χ1) is 5.83. The molecule has 0 aliphatic rings. The predicted molar refractivity (Wildman–Crippen MR) is 49.9 cm³/mol. The summed E-state index contributed by atoms with van der Waals surface area (Å²) in [6.07, 6.45) is 2.75. The molecule has 2 rings (SSSR count). The number of aromatic amines is 1. The number of hydrogen-bond acceptors (Lipinski definition) is 2. The molecule has 0 saturated carbocycles. The topological polar surface area (TPSA) is 54.7 Å². The summed E-state index contributed by atoms with van der Waals surface area (Å²) in [6.45, 7) is 2.09. The van der Waals surface area contributed by atoms with Gasteiger partial charge < -0.3 is 5.73 Å². The van der Waals surface area contributed by atoms with Crippen LogP contribution in [-0.2, 0) is 6.42 Å². The Bertz CT molecular complexity index is 403. The summed E-state index contributed by atoms with van der Waals surface area (Å²) in [4.78, 5) is 0. The van der Waals surface area contributed by atoms with Gasteiger partial charge >= 0.3 is 0 Å². The molecule has 2 aromatic rings. The first-order valence-corrected chi connectivity index (χ1v) is 4.03. The highest BCUT2D eigenvalue weighted by Gasteiger charge is 2.03. The van der Waals surface area contributed by atoms with E-state index in [0.29, 0.717) is 0 Å². The molecule has 62 valence electrons. The minimum Gasteiger partial charge on any atom is -0.398 e. The van der Waals surface area contributed by atoms with Crippen LogP contribution in [0, 0.1) is 0 Å². The lowest BCUT2D eigenvalue weighted by Crippen LogP contribution is -1.93. The average Bonchev–Trinajstić information content (AvgIpc) is 2.52. The van der Waals surface area contributed by atoms with Crippen LogP contribution in [0.2, 0.25) is 0 Å². The van der Waals surface area contributed by atoms with E-state index in [9.17, 15) is 0 Å². The zero-order valence-corrected chi connectivity index (χ0v) is 6.96. The fourth-order valence-electron chi connectivity index (χ4n) is 1.47. The van der Waals surface area contributed by atoms with Gasteiger partial charge in [0.05, 0.1) is 11.7 Å². The van der Waals surface area contributed by atoms with E-state index >= 15 is 0 Å². The molecule has 0 spiro atoms. The van der Waals surface area contributed by atoms with Gasteiger partial charge in [0.15, 0.2) is 0 Å². The Balaban J connectivity index is 2.83. The summed E-state index contributed by atoms with van der Waals surface area (Å²) in [5.41, 5.74) is 8.88. The normalized spacial score (nSPS) is 10.8. The molecule has 1 aromatic heterocycles. The minimum absolute atomic E-state index is 0.842. The highest BCUT2D eigenvalue weighted by molar-refractivity contribution is 5.85. The number of fused-ring (bicyclic) bond motifs is 1. The quantitative estimate of drug-likeness (QED) is 0.625. The van der Waals surface area contributed by atoms with Crippen LogP contribution in [0.25, 0.3) is 10.9 Å². The molecule has 1 heterocycles. The molecule has 0 aliphatic heterocycles. The van der Waals surface area contributed by atoms with Gasteiger partial charge in [-0.3, -0.25) is 5.10 Å². The maximum atomic E-state index is 5.81. The summed E-state index contributed by atoms with van der Waals surface area (Å²) in [5.74, 6) is 0. The molecule has 0 amide bonds. The van der Waals surface area contributed by atoms with Crippen LogP contribution in [-0.4, -0.2) is 10.2 Å². The standard InChI is InChI=1S/C9H11N3/c1-2-7-8(10)4-3-6-5-11-12-9(6)7/h3-5H,2,10H2,1H3,(H,11,12). The highest BCUT2D eigenvalue weighted by atomic mass is 15.1. The van der Waals surface area contributed by atoms with Gasteiger partial charge in [0.2, 0.25) is 0 Å². The van der Waals surface area contributed by atoms with E-state index in [0.717, 1.165) is 28.6 Å². The molecule has 3 N–H and O–H groups in total. The van der Waals surface area contributed by atoms with Gasteiger partial charge in [0, 0.05) is 16.6 Å². The van der Waals surface area contributed by atoms with E-state index in [4.69, 9.17) is 5.73 Å². The summed E-state index contributed by atoms with van der Waals surface area (Å²) in [5, 5.41) is 8.05. The van der Waals surface area contributed by atoms with Gasteiger partial charge in [-0.05, 0) is 18.6 Å². The average molecular weight is 161 g/mol. The minimum atomic E-state index is 0.842. The Morgan fingerprint density at radius 2 is 2.33 bits per heavy atom.